The summed E-state index contributed by atoms with van der Waals surface area (Å²) in [5.41, 5.74) is 0. The van der Waals surface area contributed by atoms with Crippen LogP contribution >= 0.6 is 0 Å². The number of ether oxygens (including phenoxy) is 1. The van der Waals surface area contributed by atoms with E-state index in [1.807, 2.05) is 0 Å². The molecule has 19 heavy (non-hydrogen) atoms. The summed E-state index contributed by atoms with van der Waals surface area (Å²) in [5.74, 6) is -1.22. The zero-order valence-electron chi connectivity index (χ0n) is 11.6. The first kappa shape index (κ1) is 15.8. The predicted octanol–water partition coefficient (Wildman–Crippen LogP) is 1.31. The number of carboxylic acids is 1. The number of carboxylic acid groups (broad SMARTS) is 1. The number of methoxy groups -OCH3 is 1. The minimum absolute atomic E-state index is 0.141. The molecule has 2 amide bonds. The quantitative estimate of drug-likeness (QED) is 0.685. The SMILES string of the molecule is COCCCCCNC(=O)N1CCC[C@@H](C(=O)O)C1. The molecule has 1 heterocycles. The van der Waals surface area contributed by atoms with Crippen molar-refractivity contribution in [2.75, 3.05) is 33.4 Å². The molecule has 1 aliphatic heterocycles. The molecule has 6 heteroatoms. The Bertz CT molecular complexity index is 296. The van der Waals surface area contributed by atoms with Gasteiger partial charge in [-0.2, -0.15) is 0 Å². The number of amides is 2. The Hall–Kier alpha value is -1.30. The first-order valence-corrected chi connectivity index (χ1v) is 6.89. The molecular formula is C13H24N2O4. The van der Waals surface area contributed by atoms with E-state index in [0.29, 0.717) is 26.1 Å². The van der Waals surface area contributed by atoms with Gasteiger partial charge in [0.15, 0.2) is 0 Å². The first-order valence-electron chi connectivity index (χ1n) is 6.89. The second-order valence-electron chi connectivity index (χ2n) is 4.91. The second kappa shape index (κ2) is 8.74. The van der Waals surface area contributed by atoms with E-state index < -0.39 is 11.9 Å². The number of nitrogens with one attached hydrogen (secondary N) is 1. The molecule has 110 valence electrons. The summed E-state index contributed by atoms with van der Waals surface area (Å²) in [4.78, 5) is 24.4. The molecule has 0 unspecified atom stereocenters. The van der Waals surface area contributed by atoms with Gasteiger partial charge < -0.3 is 20.1 Å². The molecule has 0 aromatic carbocycles. The molecule has 0 aliphatic carbocycles. The number of hydrogen-bond donors (Lipinski definition) is 2. The van der Waals surface area contributed by atoms with E-state index in [1.54, 1.807) is 12.0 Å². The maximum atomic E-state index is 11.9. The van der Waals surface area contributed by atoms with Gasteiger partial charge in [-0.05, 0) is 32.1 Å². The van der Waals surface area contributed by atoms with E-state index in [2.05, 4.69) is 5.32 Å². The summed E-state index contributed by atoms with van der Waals surface area (Å²) in [6.45, 7) is 2.36. The zero-order valence-corrected chi connectivity index (χ0v) is 11.6. The van der Waals surface area contributed by atoms with Gasteiger partial charge in [-0.1, -0.05) is 0 Å². The highest BCUT2D eigenvalue weighted by Crippen LogP contribution is 2.16. The largest absolute Gasteiger partial charge is 0.481 e. The molecule has 1 fully saturated rings. The summed E-state index contributed by atoms with van der Waals surface area (Å²) in [7, 11) is 1.68. The Kier molecular flexibility index (Phi) is 7.25. The van der Waals surface area contributed by atoms with Gasteiger partial charge in [0.25, 0.3) is 0 Å². The van der Waals surface area contributed by atoms with E-state index in [0.717, 1.165) is 32.3 Å². The fourth-order valence-electron chi connectivity index (χ4n) is 2.22. The number of aliphatic carboxylic acids is 1. The van der Waals surface area contributed by atoms with Gasteiger partial charge in [0.2, 0.25) is 0 Å². The lowest BCUT2D eigenvalue weighted by molar-refractivity contribution is -0.143. The monoisotopic (exact) mass is 272 g/mol. The van der Waals surface area contributed by atoms with Gasteiger partial charge in [0.05, 0.1) is 5.92 Å². The fourth-order valence-corrected chi connectivity index (χ4v) is 2.22. The molecule has 0 aromatic heterocycles. The smallest absolute Gasteiger partial charge is 0.317 e. The normalized spacial score (nSPS) is 19.2. The van der Waals surface area contributed by atoms with Crippen LogP contribution in [0.3, 0.4) is 0 Å². The second-order valence-corrected chi connectivity index (χ2v) is 4.91. The van der Waals surface area contributed by atoms with E-state index in [9.17, 15) is 9.59 Å². The summed E-state index contributed by atoms with van der Waals surface area (Å²) < 4.78 is 4.95. The number of carbonyl (C=O) groups excluding carboxylic acids is 1. The van der Waals surface area contributed by atoms with Crippen molar-refractivity contribution in [1.29, 1.82) is 0 Å². The van der Waals surface area contributed by atoms with Crippen LogP contribution in [0.2, 0.25) is 0 Å². The number of urea groups is 1. The minimum atomic E-state index is -0.808. The molecule has 0 aromatic rings. The van der Waals surface area contributed by atoms with E-state index >= 15 is 0 Å². The van der Waals surface area contributed by atoms with Crippen molar-refractivity contribution in [1.82, 2.24) is 10.2 Å². The highest BCUT2D eigenvalue weighted by molar-refractivity contribution is 5.76. The number of nitrogens with zero attached hydrogens (tertiary/aromatic N) is 1. The Morgan fingerprint density at radius 1 is 1.37 bits per heavy atom. The number of hydrogen-bond acceptors (Lipinski definition) is 3. The Balaban J connectivity index is 2.16. The average molecular weight is 272 g/mol. The van der Waals surface area contributed by atoms with Crippen molar-refractivity contribution in [3.05, 3.63) is 0 Å². The number of unbranched alkanes of at least 4 members (excludes halogenated alkanes) is 2. The van der Waals surface area contributed by atoms with Crippen LogP contribution in [0.5, 0.6) is 0 Å². The van der Waals surface area contributed by atoms with Crippen molar-refractivity contribution in [3.8, 4) is 0 Å². The van der Waals surface area contributed by atoms with Crippen molar-refractivity contribution < 1.29 is 19.4 Å². The third-order valence-electron chi connectivity index (χ3n) is 3.36. The van der Waals surface area contributed by atoms with Crippen molar-refractivity contribution in [2.24, 2.45) is 5.92 Å². The summed E-state index contributed by atoms with van der Waals surface area (Å²) >= 11 is 0. The van der Waals surface area contributed by atoms with Crippen molar-refractivity contribution in [3.63, 3.8) is 0 Å². The molecule has 0 bridgehead atoms. The average Bonchev–Trinajstić information content (AvgIpc) is 2.42. The van der Waals surface area contributed by atoms with Gasteiger partial charge >= 0.3 is 12.0 Å². The lowest BCUT2D eigenvalue weighted by Gasteiger charge is -2.30. The summed E-state index contributed by atoms with van der Waals surface area (Å²) in [6.07, 6.45) is 4.36. The van der Waals surface area contributed by atoms with Crippen LogP contribution < -0.4 is 5.32 Å². The fraction of sp³-hybridized carbons (Fsp3) is 0.846. The number of piperidine rings is 1. The Morgan fingerprint density at radius 3 is 2.84 bits per heavy atom. The van der Waals surface area contributed by atoms with E-state index in [-0.39, 0.29) is 6.03 Å². The molecule has 0 radical (unpaired) electrons. The van der Waals surface area contributed by atoms with Crippen molar-refractivity contribution in [2.45, 2.75) is 32.1 Å². The van der Waals surface area contributed by atoms with Crippen molar-refractivity contribution >= 4 is 12.0 Å². The molecule has 0 spiro atoms. The van der Waals surface area contributed by atoms with Gasteiger partial charge in [-0.3, -0.25) is 4.79 Å². The maximum Gasteiger partial charge on any atom is 0.317 e. The van der Waals surface area contributed by atoms with Gasteiger partial charge in [0.1, 0.15) is 0 Å². The van der Waals surface area contributed by atoms with Crippen LogP contribution in [0, 0.1) is 5.92 Å². The van der Waals surface area contributed by atoms with Gasteiger partial charge in [-0.15, -0.1) is 0 Å². The van der Waals surface area contributed by atoms with Gasteiger partial charge in [-0.25, -0.2) is 4.79 Å². The Labute approximate surface area is 114 Å². The van der Waals surface area contributed by atoms with Crippen LogP contribution in [-0.2, 0) is 9.53 Å². The highest BCUT2D eigenvalue weighted by atomic mass is 16.5. The van der Waals surface area contributed by atoms with Crippen LogP contribution in [0.4, 0.5) is 4.79 Å². The molecule has 1 saturated heterocycles. The molecular weight excluding hydrogens is 248 g/mol. The third kappa shape index (κ3) is 5.92. The lowest BCUT2D eigenvalue weighted by atomic mass is 9.99. The number of carbonyl (C=O) groups is 2. The molecule has 0 saturated carbocycles. The molecule has 2 N–H and O–H groups in total. The lowest BCUT2D eigenvalue weighted by Crippen LogP contribution is -2.47. The molecule has 1 aliphatic rings. The van der Waals surface area contributed by atoms with Crippen LogP contribution in [0.1, 0.15) is 32.1 Å². The topological polar surface area (TPSA) is 78.9 Å². The zero-order chi connectivity index (χ0) is 14.1. The highest BCUT2D eigenvalue weighted by Gasteiger charge is 2.27. The first-order chi connectivity index (χ1) is 9.15. The summed E-state index contributed by atoms with van der Waals surface area (Å²) in [5, 5.41) is 11.8. The van der Waals surface area contributed by atoms with E-state index in [4.69, 9.17) is 9.84 Å². The maximum absolute atomic E-state index is 11.9. The standard InChI is InChI=1S/C13H24N2O4/c1-19-9-4-2-3-7-14-13(18)15-8-5-6-11(10-15)12(16)17/h11H,2-10H2,1H3,(H,14,18)(H,16,17)/t11-/m1/s1. The van der Waals surface area contributed by atoms with Crippen LogP contribution in [-0.4, -0.2) is 55.4 Å². The number of rotatable bonds is 7. The minimum Gasteiger partial charge on any atom is -0.481 e. The van der Waals surface area contributed by atoms with Crippen LogP contribution in [0.15, 0.2) is 0 Å². The molecule has 6 nitrogen and oxygen atoms in total. The van der Waals surface area contributed by atoms with E-state index in [1.165, 1.54) is 0 Å². The van der Waals surface area contributed by atoms with Crippen LogP contribution in [0.25, 0.3) is 0 Å². The molecule has 1 rings (SSSR count). The Morgan fingerprint density at radius 2 is 2.16 bits per heavy atom. The molecule has 1 atom stereocenters. The number of likely N-dealkylation sites (tertiary alicyclic amines) is 1. The third-order valence-corrected chi connectivity index (χ3v) is 3.36. The van der Waals surface area contributed by atoms with Gasteiger partial charge in [0, 0.05) is 33.4 Å². The predicted molar refractivity (Wildman–Crippen MR) is 71.1 cm³/mol. The summed E-state index contributed by atoms with van der Waals surface area (Å²) in [6, 6.07) is -0.141.